The highest BCUT2D eigenvalue weighted by atomic mass is 32.2. The molecule has 1 rings (SSSR count). The fraction of sp³-hybridized carbons (Fsp3) is 0.917. The normalized spacial score (nSPS) is 23.2. The molecule has 0 bridgehead atoms. The lowest BCUT2D eigenvalue weighted by atomic mass is 9.64. The Balaban J connectivity index is 2.76. The molecule has 0 aromatic carbocycles. The summed E-state index contributed by atoms with van der Waals surface area (Å²) in [6.45, 7) is 4.27. The number of carboxylic acid groups (broad SMARTS) is 1. The molecular formula is C12H22O4S. The van der Waals surface area contributed by atoms with Crippen LogP contribution < -0.4 is 0 Å². The molecule has 0 unspecified atom stereocenters. The van der Waals surface area contributed by atoms with E-state index in [-0.39, 0.29) is 17.6 Å². The molecule has 0 aromatic rings. The highest BCUT2D eigenvalue weighted by molar-refractivity contribution is 7.90. The number of hydrogen-bond donors (Lipinski definition) is 1. The molecule has 1 N–H and O–H groups in total. The predicted octanol–water partition coefficient (Wildman–Crippen LogP) is 2.09. The maximum Gasteiger partial charge on any atom is 0.309 e. The molecule has 100 valence electrons. The van der Waals surface area contributed by atoms with E-state index in [0.717, 1.165) is 19.1 Å². The molecule has 1 aliphatic carbocycles. The molecule has 5 heteroatoms. The zero-order valence-electron chi connectivity index (χ0n) is 10.8. The maximum atomic E-state index is 11.4. The van der Waals surface area contributed by atoms with E-state index >= 15 is 0 Å². The van der Waals surface area contributed by atoms with Gasteiger partial charge in [0.2, 0.25) is 0 Å². The number of rotatable bonds is 4. The van der Waals surface area contributed by atoms with Gasteiger partial charge in [-0.1, -0.05) is 13.8 Å². The van der Waals surface area contributed by atoms with Crippen LogP contribution in [0.15, 0.2) is 0 Å². The van der Waals surface area contributed by atoms with Crippen molar-refractivity contribution in [3.05, 3.63) is 0 Å². The zero-order valence-corrected chi connectivity index (χ0v) is 11.6. The van der Waals surface area contributed by atoms with Gasteiger partial charge in [0, 0.05) is 6.26 Å². The summed E-state index contributed by atoms with van der Waals surface area (Å²) >= 11 is 0. The van der Waals surface area contributed by atoms with Crippen molar-refractivity contribution in [2.45, 2.75) is 46.0 Å². The van der Waals surface area contributed by atoms with Crippen molar-refractivity contribution in [1.29, 1.82) is 0 Å². The number of carboxylic acids is 1. The summed E-state index contributed by atoms with van der Waals surface area (Å²) in [6.07, 6.45) is 4.29. The Morgan fingerprint density at radius 2 is 1.65 bits per heavy atom. The van der Waals surface area contributed by atoms with Crippen molar-refractivity contribution in [3.63, 3.8) is 0 Å². The molecule has 0 atom stereocenters. The van der Waals surface area contributed by atoms with E-state index in [1.807, 2.05) is 0 Å². The quantitative estimate of drug-likeness (QED) is 0.842. The van der Waals surface area contributed by atoms with Crippen LogP contribution in [0, 0.1) is 10.8 Å². The van der Waals surface area contributed by atoms with E-state index in [0.29, 0.717) is 12.8 Å². The summed E-state index contributed by atoms with van der Waals surface area (Å²) in [5, 5.41) is 9.36. The Bertz CT molecular complexity index is 385. The Kier molecular flexibility index (Phi) is 3.91. The van der Waals surface area contributed by atoms with Crippen LogP contribution in [0.4, 0.5) is 0 Å². The van der Waals surface area contributed by atoms with Gasteiger partial charge in [-0.05, 0) is 37.5 Å². The molecule has 0 aliphatic heterocycles. The van der Waals surface area contributed by atoms with Gasteiger partial charge < -0.3 is 5.11 Å². The average Bonchev–Trinajstić information content (AvgIpc) is 2.15. The van der Waals surface area contributed by atoms with Gasteiger partial charge in [0.15, 0.2) is 0 Å². The highest BCUT2D eigenvalue weighted by Crippen LogP contribution is 2.47. The number of hydrogen-bond acceptors (Lipinski definition) is 3. The standard InChI is InChI=1S/C12H22O4S/c1-11(2)4-6-12(7-5-11,10(13)14)8-9-17(3,15)16/h4-9H2,1-3H3,(H,13,14). The molecule has 0 saturated heterocycles. The predicted molar refractivity (Wildman–Crippen MR) is 66.6 cm³/mol. The van der Waals surface area contributed by atoms with Crippen LogP contribution in [0.1, 0.15) is 46.0 Å². The summed E-state index contributed by atoms with van der Waals surface area (Å²) in [5.74, 6) is -0.864. The van der Waals surface area contributed by atoms with Crippen molar-refractivity contribution >= 4 is 15.8 Å². The van der Waals surface area contributed by atoms with Crippen LogP contribution in [0.25, 0.3) is 0 Å². The third kappa shape index (κ3) is 3.98. The van der Waals surface area contributed by atoms with Gasteiger partial charge in [0.05, 0.1) is 11.2 Å². The molecule has 0 spiro atoms. The van der Waals surface area contributed by atoms with Crippen LogP contribution >= 0.6 is 0 Å². The third-order valence-electron chi connectivity index (χ3n) is 3.97. The molecule has 1 fully saturated rings. The van der Waals surface area contributed by atoms with E-state index in [9.17, 15) is 18.3 Å². The van der Waals surface area contributed by atoms with Crippen molar-refractivity contribution in [2.75, 3.05) is 12.0 Å². The lowest BCUT2D eigenvalue weighted by Crippen LogP contribution is -2.39. The third-order valence-corrected chi connectivity index (χ3v) is 4.91. The van der Waals surface area contributed by atoms with Gasteiger partial charge in [0.25, 0.3) is 0 Å². The minimum Gasteiger partial charge on any atom is -0.481 e. The van der Waals surface area contributed by atoms with E-state index in [2.05, 4.69) is 13.8 Å². The van der Waals surface area contributed by atoms with E-state index in [1.54, 1.807) is 0 Å². The lowest BCUT2D eigenvalue weighted by Gasteiger charge is -2.40. The van der Waals surface area contributed by atoms with Gasteiger partial charge in [-0.3, -0.25) is 4.79 Å². The van der Waals surface area contributed by atoms with Crippen LogP contribution in [-0.4, -0.2) is 31.5 Å². The van der Waals surface area contributed by atoms with Crippen molar-refractivity contribution in [2.24, 2.45) is 10.8 Å². The Morgan fingerprint density at radius 1 is 1.18 bits per heavy atom. The SMILES string of the molecule is CC1(C)CCC(CCS(C)(=O)=O)(C(=O)O)CC1. The molecule has 0 heterocycles. The molecule has 1 saturated carbocycles. The molecule has 1 aliphatic rings. The summed E-state index contributed by atoms with van der Waals surface area (Å²) in [6, 6.07) is 0. The van der Waals surface area contributed by atoms with Crippen LogP contribution in [0.2, 0.25) is 0 Å². The largest absolute Gasteiger partial charge is 0.481 e. The minimum atomic E-state index is -3.09. The van der Waals surface area contributed by atoms with Gasteiger partial charge in [-0.15, -0.1) is 0 Å². The Hall–Kier alpha value is -0.580. The van der Waals surface area contributed by atoms with Crippen molar-refractivity contribution in [1.82, 2.24) is 0 Å². The summed E-state index contributed by atoms with van der Waals surface area (Å²) in [5.41, 5.74) is -0.636. The van der Waals surface area contributed by atoms with Crippen LogP contribution in [0.5, 0.6) is 0 Å². The van der Waals surface area contributed by atoms with Gasteiger partial charge >= 0.3 is 5.97 Å². The molecule has 0 aromatic heterocycles. The molecule has 4 nitrogen and oxygen atoms in total. The first-order valence-corrected chi connectivity index (χ1v) is 8.04. The fourth-order valence-corrected chi connectivity index (χ4v) is 3.12. The van der Waals surface area contributed by atoms with Crippen molar-refractivity contribution < 1.29 is 18.3 Å². The average molecular weight is 262 g/mol. The second kappa shape index (κ2) is 4.59. The number of sulfone groups is 1. The van der Waals surface area contributed by atoms with E-state index < -0.39 is 21.2 Å². The van der Waals surface area contributed by atoms with Crippen LogP contribution in [-0.2, 0) is 14.6 Å². The highest BCUT2D eigenvalue weighted by Gasteiger charge is 2.44. The Labute approximate surface area is 103 Å². The van der Waals surface area contributed by atoms with E-state index in [1.165, 1.54) is 0 Å². The summed E-state index contributed by atoms with van der Waals surface area (Å²) < 4.78 is 22.3. The smallest absolute Gasteiger partial charge is 0.309 e. The maximum absolute atomic E-state index is 11.4. The molecule has 17 heavy (non-hydrogen) atoms. The van der Waals surface area contributed by atoms with Gasteiger partial charge in [-0.25, -0.2) is 8.42 Å². The number of carbonyl (C=O) groups is 1. The van der Waals surface area contributed by atoms with Crippen LogP contribution in [0.3, 0.4) is 0 Å². The second-order valence-electron chi connectivity index (χ2n) is 6.13. The molecule has 0 radical (unpaired) electrons. The number of aliphatic carboxylic acids is 1. The summed E-state index contributed by atoms with van der Waals surface area (Å²) in [7, 11) is -3.09. The topological polar surface area (TPSA) is 71.4 Å². The van der Waals surface area contributed by atoms with Gasteiger partial charge in [0.1, 0.15) is 9.84 Å². The molecule has 0 amide bonds. The Morgan fingerprint density at radius 3 is 2.00 bits per heavy atom. The zero-order chi connectivity index (χ0) is 13.3. The van der Waals surface area contributed by atoms with Crippen molar-refractivity contribution in [3.8, 4) is 0 Å². The summed E-state index contributed by atoms with van der Waals surface area (Å²) in [4.78, 5) is 11.4. The first-order chi connectivity index (χ1) is 7.56. The first kappa shape index (κ1) is 14.5. The monoisotopic (exact) mass is 262 g/mol. The lowest BCUT2D eigenvalue weighted by molar-refractivity contribution is -0.152. The molecular weight excluding hydrogens is 240 g/mol. The minimum absolute atomic E-state index is 0.0280. The van der Waals surface area contributed by atoms with Gasteiger partial charge in [-0.2, -0.15) is 0 Å². The first-order valence-electron chi connectivity index (χ1n) is 5.98. The second-order valence-corrected chi connectivity index (χ2v) is 8.39. The van der Waals surface area contributed by atoms with E-state index in [4.69, 9.17) is 0 Å². The fourth-order valence-electron chi connectivity index (χ4n) is 2.36.